The molecular weight excluding hydrogens is 193 g/mol. The maximum Gasteiger partial charge on any atom is 0.222 e. The van der Waals surface area contributed by atoms with Crippen LogP contribution in [-0.4, -0.2) is 9.97 Å². The summed E-state index contributed by atoms with van der Waals surface area (Å²) in [6.45, 7) is 9.81. The number of aromatic nitrogens is 2. The van der Waals surface area contributed by atoms with Gasteiger partial charge in [-0.15, -0.1) is 0 Å². The summed E-state index contributed by atoms with van der Waals surface area (Å²) in [7, 11) is 0. The lowest BCUT2D eigenvalue weighted by Gasteiger charge is -2.23. The highest BCUT2D eigenvalue weighted by Crippen LogP contribution is 2.30. The van der Waals surface area contributed by atoms with Gasteiger partial charge in [0.05, 0.1) is 5.69 Å². The van der Waals surface area contributed by atoms with E-state index in [1.165, 1.54) is 0 Å². The summed E-state index contributed by atoms with van der Waals surface area (Å²) >= 11 is 0. The molecule has 0 aliphatic rings. The zero-order valence-electron chi connectivity index (χ0n) is 9.93. The fourth-order valence-corrected chi connectivity index (χ4v) is 1.54. The fourth-order valence-electron chi connectivity index (χ4n) is 1.54. The van der Waals surface area contributed by atoms with Gasteiger partial charge in [0.15, 0.2) is 0 Å². The number of halogens is 1. The summed E-state index contributed by atoms with van der Waals surface area (Å²) in [5.41, 5.74) is 6.50. The molecule has 1 aromatic rings. The second kappa shape index (κ2) is 3.76. The Hall–Kier alpha value is -1.19. The first-order chi connectivity index (χ1) is 6.73. The van der Waals surface area contributed by atoms with Gasteiger partial charge in [-0.3, -0.25) is 0 Å². The molecule has 0 radical (unpaired) electrons. The molecule has 0 fully saturated rings. The van der Waals surface area contributed by atoms with Crippen LogP contribution < -0.4 is 5.73 Å². The molecule has 1 aromatic heterocycles. The first kappa shape index (κ1) is 11.9. The molecule has 0 amide bonds. The summed E-state index contributed by atoms with van der Waals surface area (Å²) in [6.07, 6.45) is 0. The molecule has 0 saturated heterocycles. The molecule has 0 unspecified atom stereocenters. The van der Waals surface area contributed by atoms with Crippen molar-refractivity contribution in [3.8, 4) is 0 Å². The Morgan fingerprint density at radius 1 is 1.20 bits per heavy atom. The van der Waals surface area contributed by atoms with Crippen molar-refractivity contribution in [1.82, 2.24) is 9.97 Å². The Morgan fingerprint density at radius 2 is 1.73 bits per heavy atom. The maximum atomic E-state index is 13.7. The third kappa shape index (κ3) is 2.43. The van der Waals surface area contributed by atoms with Crippen molar-refractivity contribution in [3.63, 3.8) is 0 Å². The molecule has 0 aromatic carbocycles. The molecule has 0 spiro atoms. The molecular formula is C11H18FN3. The smallest absolute Gasteiger partial charge is 0.222 e. The molecule has 0 aliphatic carbocycles. The monoisotopic (exact) mass is 211 g/mol. The SMILES string of the molecule is CC(C)c1c(F)nc(N)nc1C(C)(C)C. The molecule has 2 N–H and O–H groups in total. The topological polar surface area (TPSA) is 51.8 Å². The summed E-state index contributed by atoms with van der Waals surface area (Å²) in [4.78, 5) is 7.72. The second-order valence-electron chi connectivity index (χ2n) is 5.04. The molecule has 0 bridgehead atoms. The lowest BCUT2D eigenvalue weighted by Crippen LogP contribution is -2.21. The largest absolute Gasteiger partial charge is 0.368 e. The predicted molar refractivity (Wildman–Crippen MR) is 59.2 cm³/mol. The van der Waals surface area contributed by atoms with Crippen LogP contribution in [0.4, 0.5) is 10.3 Å². The third-order valence-corrected chi connectivity index (χ3v) is 2.20. The van der Waals surface area contributed by atoms with Crippen molar-refractivity contribution in [2.24, 2.45) is 0 Å². The van der Waals surface area contributed by atoms with E-state index in [4.69, 9.17) is 5.73 Å². The zero-order valence-corrected chi connectivity index (χ0v) is 9.93. The lowest BCUT2D eigenvalue weighted by molar-refractivity contribution is 0.505. The van der Waals surface area contributed by atoms with Gasteiger partial charge in [0.25, 0.3) is 0 Å². The van der Waals surface area contributed by atoms with E-state index in [0.717, 1.165) is 0 Å². The number of nitrogens with zero attached hydrogens (tertiary/aromatic N) is 2. The normalized spacial score (nSPS) is 12.2. The minimum absolute atomic E-state index is 0.00169. The number of nitrogen functional groups attached to an aromatic ring is 1. The van der Waals surface area contributed by atoms with E-state index in [-0.39, 0.29) is 17.3 Å². The third-order valence-electron chi connectivity index (χ3n) is 2.20. The highest BCUT2D eigenvalue weighted by Gasteiger charge is 2.25. The number of hydrogen-bond acceptors (Lipinski definition) is 3. The first-order valence-electron chi connectivity index (χ1n) is 5.07. The van der Waals surface area contributed by atoms with Crippen molar-refractivity contribution in [2.45, 2.75) is 46.0 Å². The molecule has 1 heterocycles. The summed E-state index contributed by atoms with van der Waals surface area (Å²) < 4.78 is 13.7. The fraction of sp³-hybridized carbons (Fsp3) is 0.636. The van der Waals surface area contributed by atoms with E-state index in [1.807, 2.05) is 34.6 Å². The standard InChI is InChI=1S/C11H18FN3/c1-6(2)7-8(11(3,4)5)14-10(13)15-9(7)12/h6H,1-5H3,(H2,13,14,15). The van der Waals surface area contributed by atoms with Gasteiger partial charge in [-0.25, -0.2) is 4.98 Å². The Labute approximate surface area is 89.9 Å². The molecule has 4 heteroatoms. The van der Waals surface area contributed by atoms with Crippen LogP contribution in [0, 0.1) is 5.95 Å². The highest BCUT2D eigenvalue weighted by molar-refractivity contribution is 5.32. The number of rotatable bonds is 1. The maximum absolute atomic E-state index is 13.7. The predicted octanol–water partition coefficient (Wildman–Crippen LogP) is 2.62. The molecule has 84 valence electrons. The van der Waals surface area contributed by atoms with Gasteiger partial charge in [-0.05, 0) is 5.92 Å². The van der Waals surface area contributed by atoms with Crippen LogP contribution in [-0.2, 0) is 5.41 Å². The van der Waals surface area contributed by atoms with Gasteiger partial charge in [0.2, 0.25) is 11.9 Å². The summed E-state index contributed by atoms with van der Waals surface area (Å²) in [5, 5.41) is 0. The van der Waals surface area contributed by atoms with Crippen LogP contribution in [0.2, 0.25) is 0 Å². The van der Waals surface area contributed by atoms with Gasteiger partial charge in [-0.1, -0.05) is 34.6 Å². The van der Waals surface area contributed by atoms with E-state index < -0.39 is 5.95 Å². The van der Waals surface area contributed by atoms with E-state index in [2.05, 4.69) is 9.97 Å². The quantitative estimate of drug-likeness (QED) is 0.726. The van der Waals surface area contributed by atoms with E-state index in [1.54, 1.807) is 0 Å². The molecule has 1 rings (SSSR count). The number of anilines is 1. The average Bonchev–Trinajstić information content (AvgIpc) is 1.99. The molecule has 0 aliphatic heterocycles. The van der Waals surface area contributed by atoms with E-state index in [0.29, 0.717) is 11.3 Å². The van der Waals surface area contributed by atoms with Gasteiger partial charge in [-0.2, -0.15) is 9.37 Å². The van der Waals surface area contributed by atoms with Crippen LogP contribution in [0.3, 0.4) is 0 Å². The van der Waals surface area contributed by atoms with Crippen molar-refractivity contribution < 1.29 is 4.39 Å². The number of nitrogens with two attached hydrogens (primary N) is 1. The average molecular weight is 211 g/mol. The van der Waals surface area contributed by atoms with E-state index >= 15 is 0 Å². The van der Waals surface area contributed by atoms with Crippen molar-refractivity contribution >= 4 is 5.95 Å². The van der Waals surface area contributed by atoms with Crippen molar-refractivity contribution in [3.05, 3.63) is 17.2 Å². The van der Waals surface area contributed by atoms with Crippen LogP contribution in [0.15, 0.2) is 0 Å². The zero-order chi connectivity index (χ0) is 11.8. The molecule has 0 atom stereocenters. The second-order valence-corrected chi connectivity index (χ2v) is 5.04. The lowest BCUT2D eigenvalue weighted by atomic mass is 9.85. The van der Waals surface area contributed by atoms with Gasteiger partial charge in [0.1, 0.15) is 0 Å². The molecule has 15 heavy (non-hydrogen) atoms. The highest BCUT2D eigenvalue weighted by atomic mass is 19.1. The summed E-state index contributed by atoms with van der Waals surface area (Å²) in [6, 6.07) is 0. The Kier molecular flexibility index (Phi) is 2.98. The van der Waals surface area contributed by atoms with Crippen LogP contribution in [0.1, 0.15) is 51.8 Å². The minimum atomic E-state index is -0.498. The van der Waals surface area contributed by atoms with Gasteiger partial charge in [0, 0.05) is 11.0 Å². The van der Waals surface area contributed by atoms with Crippen LogP contribution in [0.25, 0.3) is 0 Å². The van der Waals surface area contributed by atoms with Gasteiger partial charge < -0.3 is 5.73 Å². The van der Waals surface area contributed by atoms with Crippen LogP contribution in [0.5, 0.6) is 0 Å². The summed E-state index contributed by atoms with van der Waals surface area (Å²) in [5.74, 6) is -0.441. The van der Waals surface area contributed by atoms with Crippen LogP contribution >= 0.6 is 0 Å². The molecule has 0 saturated carbocycles. The Morgan fingerprint density at radius 3 is 2.13 bits per heavy atom. The first-order valence-corrected chi connectivity index (χ1v) is 5.07. The Balaban J connectivity index is 3.47. The van der Waals surface area contributed by atoms with Crippen molar-refractivity contribution in [1.29, 1.82) is 0 Å². The van der Waals surface area contributed by atoms with Crippen molar-refractivity contribution in [2.75, 3.05) is 5.73 Å². The van der Waals surface area contributed by atoms with Gasteiger partial charge >= 0.3 is 0 Å². The van der Waals surface area contributed by atoms with E-state index in [9.17, 15) is 4.39 Å². The minimum Gasteiger partial charge on any atom is -0.368 e. The molecule has 3 nitrogen and oxygen atoms in total. The Bertz CT molecular complexity index is 367. The number of hydrogen-bond donors (Lipinski definition) is 1.